The van der Waals surface area contributed by atoms with Crippen molar-refractivity contribution >= 4 is 11.6 Å². The van der Waals surface area contributed by atoms with Gasteiger partial charge in [0.2, 0.25) is 0 Å². The number of halogens is 1. The minimum atomic E-state index is 0.525. The fourth-order valence-electron chi connectivity index (χ4n) is 1.45. The minimum Gasteiger partial charge on any atom is -0.380 e. The lowest BCUT2D eigenvalue weighted by Crippen LogP contribution is -2.36. The second kappa shape index (κ2) is 10.7. The van der Waals surface area contributed by atoms with Crippen molar-refractivity contribution < 1.29 is 4.74 Å². The van der Waals surface area contributed by atoms with Gasteiger partial charge in [-0.1, -0.05) is 27.2 Å². The molecule has 0 aromatic rings. The molecule has 0 saturated heterocycles. The molecule has 0 amide bonds. The number of rotatable bonds is 10. The molecule has 92 valence electrons. The standard InChI is InChI=1S/C12H26ClNO/c1-4-5-9-15-10-8-14-12(6-7-13)11(2)3/h11-12,14H,4-10H2,1-3H3. The van der Waals surface area contributed by atoms with E-state index in [1.54, 1.807) is 0 Å². The zero-order valence-electron chi connectivity index (χ0n) is 10.4. The molecule has 2 nitrogen and oxygen atoms in total. The number of unbranched alkanes of at least 4 members (excludes halogenated alkanes) is 1. The molecule has 0 saturated carbocycles. The van der Waals surface area contributed by atoms with Crippen LogP contribution in [0.3, 0.4) is 0 Å². The van der Waals surface area contributed by atoms with Crippen molar-refractivity contribution in [3.8, 4) is 0 Å². The first-order valence-corrected chi connectivity index (χ1v) is 6.62. The molecule has 0 aromatic carbocycles. The van der Waals surface area contributed by atoms with E-state index in [1.807, 2.05) is 0 Å². The number of ether oxygens (including phenoxy) is 1. The Morgan fingerprint density at radius 1 is 1.27 bits per heavy atom. The van der Waals surface area contributed by atoms with Crippen LogP contribution in [-0.2, 0) is 4.74 Å². The predicted molar refractivity (Wildman–Crippen MR) is 67.7 cm³/mol. The minimum absolute atomic E-state index is 0.525. The van der Waals surface area contributed by atoms with Crippen LogP contribution >= 0.6 is 11.6 Å². The highest BCUT2D eigenvalue weighted by Crippen LogP contribution is 2.06. The molecule has 0 spiro atoms. The van der Waals surface area contributed by atoms with Gasteiger partial charge in [0.25, 0.3) is 0 Å². The summed E-state index contributed by atoms with van der Waals surface area (Å²) >= 11 is 5.75. The van der Waals surface area contributed by atoms with Crippen molar-refractivity contribution in [2.24, 2.45) is 5.92 Å². The molecular formula is C12H26ClNO. The number of nitrogens with one attached hydrogen (secondary N) is 1. The third-order valence-electron chi connectivity index (χ3n) is 2.52. The SMILES string of the molecule is CCCCOCCNC(CCCl)C(C)C. The Balaban J connectivity index is 3.37. The summed E-state index contributed by atoms with van der Waals surface area (Å²) in [6.45, 7) is 9.26. The van der Waals surface area contributed by atoms with E-state index >= 15 is 0 Å². The smallest absolute Gasteiger partial charge is 0.0591 e. The molecule has 0 aliphatic carbocycles. The highest BCUT2D eigenvalue weighted by Gasteiger charge is 2.10. The molecule has 0 aromatic heterocycles. The first kappa shape index (κ1) is 15.2. The molecule has 15 heavy (non-hydrogen) atoms. The zero-order chi connectivity index (χ0) is 11.5. The Labute approximate surface area is 99.7 Å². The van der Waals surface area contributed by atoms with Gasteiger partial charge in [0.15, 0.2) is 0 Å². The Bertz CT molecular complexity index is 131. The van der Waals surface area contributed by atoms with Gasteiger partial charge in [0.05, 0.1) is 6.61 Å². The van der Waals surface area contributed by atoms with Crippen LogP contribution in [0.5, 0.6) is 0 Å². The van der Waals surface area contributed by atoms with Crippen LogP contribution in [0.1, 0.15) is 40.0 Å². The van der Waals surface area contributed by atoms with E-state index < -0.39 is 0 Å². The maximum atomic E-state index is 5.75. The Hall–Kier alpha value is 0.210. The number of hydrogen-bond donors (Lipinski definition) is 1. The number of hydrogen-bond acceptors (Lipinski definition) is 2. The molecule has 3 heteroatoms. The van der Waals surface area contributed by atoms with Gasteiger partial charge in [-0.2, -0.15) is 0 Å². The van der Waals surface area contributed by atoms with E-state index in [0.29, 0.717) is 12.0 Å². The maximum Gasteiger partial charge on any atom is 0.0591 e. The molecule has 1 atom stereocenters. The van der Waals surface area contributed by atoms with Gasteiger partial charge >= 0.3 is 0 Å². The maximum absolute atomic E-state index is 5.75. The Morgan fingerprint density at radius 3 is 2.53 bits per heavy atom. The van der Waals surface area contributed by atoms with Gasteiger partial charge in [-0.05, 0) is 18.8 Å². The molecule has 1 unspecified atom stereocenters. The molecule has 0 aliphatic rings. The van der Waals surface area contributed by atoms with Crippen LogP contribution in [0.25, 0.3) is 0 Å². The van der Waals surface area contributed by atoms with Crippen molar-refractivity contribution in [2.45, 2.75) is 46.1 Å². The van der Waals surface area contributed by atoms with Crippen LogP contribution < -0.4 is 5.32 Å². The van der Waals surface area contributed by atoms with Gasteiger partial charge in [-0.25, -0.2) is 0 Å². The van der Waals surface area contributed by atoms with Crippen molar-refractivity contribution in [1.29, 1.82) is 0 Å². The summed E-state index contributed by atoms with van der Waals surface area (Å²) in [6.07, 6.45) is 3.40. The van der Waals surface area contributed by atoms with E-state index in [-0.39, 0.29) is 0 Å². The normalized spacial score (nSPS) is 13.4. The first-order chi connectivity index (χ1) is 7.22. The van der Waals surface area contributed by atoms with Crippen LogP contribution in [-0.4, -0.2) is 31.7 Å². The van der Waals surface area contributed by atoms with E-state index in [2.05, 4.69) is 26.1 Å². The van der Waals surface area contributed by atoms with E-state index in [1.165, 1.54) is 6.42 Å². The molecule has 0 rings (SSSR count). The lowest BCUT2D eigenvalue weighted by Gasteiger charge is -2.21. The van der Waals surface area contributed by atoms with E-state index in [0.717, 1.165) is 38.5 Å². The summed E-state index contributed by atoms with van der Waals surface area (Å²) in [4.78, 5) is 0. The summed E-state index contributed by atoms with van der Waals surface area (Å²) in [5.74, 6) is 1.37. The van der Waals surface area contributed by atoms with Crippen molar-refractivity contribution in [3.63, 3.8) is 0 Å². The molecule has 1 N–H and O–H groups in total. The van der Waals surface area contributed by atoms with E-state index in [9.17, 15) is 0 Å². The number of alkyl halides is 1. The zero-order valence-corrected chi connectivity index (χ0v) is 11.1. The van der Waals surface area contributed by atoms with Crippen molar-refractivity contribution in [2.75, 3.05) is 25.6 Å². The van der Waals surface area contributed by atoms with Crippen LogP contribution in [0.15, 0.2) is 0 Å². The van der Waals surface area contributed by atoms with Gasteiger partial charge in [0, 0.05) is 25.1 Å². The topological polar surface area (TPSA) is 21.3 Å². The van der Waals surface area contributed by atoms with Crippen molar-refractivity contribution in [3.05, 3.63) is 0 Å². The fourth-order valence-corrected chi connectivity index (χ4v) is 1.69. The van der Waals surface area contributed by atoms with Crippen LogP contribution in [0, 0.1) is 5.92 Å². The first-order valence-electron chi connectivity index (χ1n) is 6.09. The molecule has 0 radical (unpaired) electrons. The lowest BCUT2D eigenvalue weighted by molar-refractivity contribution is 0.129. The average molecular weight is 236 g/mol. The summed E-state index contributed by atoms with van der Waals surface area (Å²) in [6, 6.07) is 0.525. The van der Waals surface area contributed by atoms with E-state index in [4.69, 9.17) is 16.3 Å². The molecule has 0 heterocycles. The third-order valence-corrected chi connectivity index (χ3v) is 2.74. The Kier molecular flexibility index (Phi) is 10.9. The lowest BCUT2D eigenvalue weighted by atomic mass is 10.0. The molecule has 0 fully saturated rings. The molecule has 0 aliphatic heterocycles. The quantitative estimate of drug-likeness (QED) is 0.464. The highest BCUT2D eigenvalue weighted by atomic mass is 35.5. The fraction of sp³-hybridized carbons (Fsp3) is 1.00. The predicted octanol–water partition coefficient (Wildman–Crippen LogP) is 3.05. The summed E-state index contributed by atoms with van der Waals surface area (Å²) in [7, 11) is 0. The van der Waals surface area contributed by atoms with Gasteiger partial charge in [-0.3, -0.25) is 0 Å². The Morgan fingerprint density at radius 2 is 2.00 bits per heavy atom. The molecule has 0 bridgehead atoms. The van der Waals surface area contributed by atoms with Crippen molar-refractivity contribution in [1.82, 2.24) is 5.32 Å². The van der Waals surface area contributed by atoms with Gasteiger partial charge in [0.1, 0.15) is 0 Å². The third kappa shape index (κ3) is 9.16. The average Bonchev–Trinajstić information content (AvgIpc) is 2.21. The second-order valence-corrected chi connectivity index (χ2v) is 4.63. The summed E-state index contributed by atoms with van der Waals surface area (Å²) < 4.78 is 5.49. The highest BCUT2D eigenvalue weighted by molar-refractivity contribution is 6.17. The second-order valence-electron chi connectivity index (χ2n) is 4.25. The molecular weight excluding hydrogens is 210 g/mol. The largest absolute Gasteiger partial charge is 0.380 e. The summed E-state index contributed by atoms with van der Waals surface area (Å²) in [5, 5.41) is 3.49. The van der Waals surface area contributed by atoms with Gasteiger partial charge < -0.3 is 10.1 Å². The van der Waals surface area contributed by atoms with Gasteiger partial charge in [-0.15, -0.1) is 11.6 Å². The summed E-state index contributed by atoms with van der Waals surface area (Å²) in [5.41, 5.74) is 0. The van der Waals surface area contributed by atoms with Crippen LogP contribution in [0.2, 0.25) is 0 Å². The monoisotopic (exact) mass is 235 g/mol. The van der Waals surface area contributed by atoms with Crippen LogP contribution in [0.4, 0.5) is 0 Å².